The molecule has 0 aliphatic carbocycles. The van der Waals surface area contributed by atoms with Gasteiger partial charge in [-0.15, -0.1) is 0 Å². The minimum Gasteiger partial charge on any atom is -0.497 e. The van der Waals surface area contributed by atoms with E-state index < -0.39 is 29.0 Å². The first-order chi connectivity index (χ1) is 9.52. The molecule has 0 aliphatic heterocycles. The van der Waals surface area contributed by atoms with E-state index in [9.17, 15) is 18.0 Å². The first kappa shape index (κ1) is 13.9. The summed E-state index contributed by atoms with van der Waals surface area (Å²) in [6.45, 7) is 0. The highest BCUT2D eigenvalue weighted by Crippen LogP contribution is 2.20. The maximum absolute atomic E-state index is 13.4. The SMILES string of the molecule is COc1ccc(C(=O)Nc2ccc(F)c(F)c2F)cc1. The van der Waals surface area contributed by atoms with Crippen LogP contribution in [0.5, 0.6) is 5.75 Å². The van der Waals surface area contributed by atoms with Crippen LogP contribution in [0.3, 0.4) is 0 Å². The molecule has 0 radical (unpaired) electrons. The van der Waals surface area contributed by atoms with E-state index in [1.54, 1.807) is 12.1 Å². The number of carbonyl (C=O) groups is 1. The maximum atomic E-state index is 13.4. The number of rotatable bonds is 3. The van der Waals surface area contributed by atoms with Gasteiger partial charge < -0.3 is 10.1 Å². The van der Waals surface area contributed by atoms with Gasteiger partial charge in [0.1, 0.15) is 5.75 Å². The minimum atomic E-state index is -1.63. The Kier molecular flexibility index (Phi) is 3.93. The van der Waals surface area contributed by atoms with Crippen LogP contribution in [0.25, 0.3) is 0 Å². The molecule has 6 heteroatoms. The lowest BCUT2D eigenvalue weighted by atomic mass is 10.2. The Hall–Kier alpha value is -2.50. The van der Waals surface area contributed by atoms with E-state index in [0.717, 1.165) is 12.1 Å². The third-order valence-electron chi connectivity index (χ3n) is 2.64. The lowest BCUT2D eigenvalue weighted by Crippen LogP contribution is -2.13. The summed E-state index contributed by atoms with van der Waals surface area (Å²) >= 11 is 0. The van der Waals surface area contributed by atoms with Crippen LogP contribution in [0.2, 0.25) is 0 Å². The van der Waals surface area contributed by atoms with Crippen molar-refractivity contribution in [2.45, 2.75) is 0 Å². The molecule has 2 aromatic carbocycles. The highest BCUT2D eigenvalue weighted by atomic mass is 19.2. The second-order valence-electron chi connectivity index (χ2n) is 3.91. The largest absolute Gasteiger partial charge is 0.497 e. The molecule has 0 atom stereocenters. The lowest BCUT2D eigenvalue weighted by Gasteiger charge is -2.08. The molecule has 0 unspecified atom stereocenters. The summed E-state index contributed by atoms with van der Waals surface area (Å²) in [5, 5.41) is 2.17. The van der Waals surface area contributed by atoms with Gasteiger partial charge in [0.15, 0.2) is 17.5 Å². The molecular weight excluding hydrogens is 271 g/mol. The topological polar surface area (TPSA) is 38.3 Å². The molecule has 0 bridgehead atoms. The first-order valence-electron chi connectivity index (χ1n) is 5.62. The van der Waals surface area contributed by atoms with Crippen molar-refractivity contribution < 1.29 is 22.7 Å². The lowest BCUT2D eigenvalue weighted by molar-refractivity contribution is 0.102. The number of halogens is 3. The molecule has 104 valence electrons. The molecule has 0 aliphatic rings. The molecule has 0 spiro atoms. The fourth-order valence-electron chi connectivity index (χ4n) is 1.56. The third-order valence-corrected chi connectivity index (χ3v) is 2.64. The van der Waals surface area contributed by atoms with Crippen molar-refractivity contribution in [2.75, 3.05) is 12.4 Å². The van der Waals surface area contributed by atoms with Crippen LogP contribution in [0.4, 0.5) is 18.9 Å². The number of anilines is 1. The summed E-state index contributed by atoms with van der Waals surface area (Å²) < 4.78 is 44.1. The van der Waals surface area contributed by atoms with E-state index in [2.05, 4.69) is 5.32 Å². The van der Waals surface area contributed by atoms with Gasteiger partial charge in [0.05, 0.1) is 12.8 Å². The van der Waals surface area contributed by atoms with Crippen molar-refractivity contribution >= 4 is 11.6 Å². The average molecular weight is 281 g/mol. The highest BCUT2D eigenvalue weighted by molar-refractivity contribution is 6.04. The van der Waals surface area contributed by atoms with Crippen molar-refractivity contribution in [2.24, 2.45) is 0 Å². The van der Waals surface area contributed by atoms with Crippen LogP contribution in [0, 0.1) is 17.5 Å². The van der Waals surface area contributed by atoms with Gasteiger partial charge in [-0.25, -0.2) is 13.2 Å². The second-order valence-corrected chi connectivity index (χ2v) is 3.91. The van der Waals surface area contributed by atoms with Gasteiger partial charge in [-0.1, -0.05) is 0 Å². The molecule has 2 aromatic rings. The van der Waals surface area contributed by atoms with Gasteiger partial charge in [0.25, 0.3) is 5.91 Å². The van der Waals surface area contributed by atoms with E-state index in [1.807, 2.05) is 0 Å². The van der Waals surface area contributed by atoms with Crippen molar-refractivity contribution in [3.05, 3.63) is 59.4 Å². The molecule has 0 aromatic heterocycles. The molecule has 0 fully saturated rings. The Balaban J connectivity index is 2.21. The molecule has 1 N–H and O–H groups in total. The number of hydrogen-bond acceptors (Lipinski definition) is 2. The Bertz CT molecular complexity index is 642. The smallest absolute Gasteiger partial charge is 0.255 e. The standard InChI is InChI=1S/C14H10F3NO2/c1-20-9-4-2-8(3-5-9)14(19)18-11-7-6-10(15)12(16)13(11)17/h2-7H,1H3,(H,18,19). The number of ether oxygens (including phenoxy) is 1. The fraction of sp³-hybridized carbons (Fsp3) is 0.0714. The normalized spacial score (nSPS) is 10.2. The van der Waals surface area contributed by atoms with Gasteiger partial charge in [-0.3, -0.25) is 4.79 Å². The van der Waals surface area contributed by atoms with E-state index in [1.165, 1.54) is 19.2 Å². The number of amides is 1. The maximum Gasteiger partial charge on any atom is 0.255 e. The summed E-state index contributed by atoms with van der Waals surface area (Å²) in [5.41, 5.74) is -0.195. The van der Waals surface area contributed by atoms with Crippen molar-refractivity contribution in [3.63, 3.8) is 0 Å². The second kappa shape index (κ2) is 5.64. The van der Waals surface area contributed by atoms with Crippen LogP contribution in [0.15, 0.2) is 36.4 Å². The highest BCUT2D eigenvalue weighted by Gasteiger charge is 2.15. The third kappa shape index (κ3) is 2.74. The molecule has 0 heterocycles. The zero-order valence-corrected chi connectivity index (χ0v) is 10.4. The minimum absolute atomic E-state index is 0.231. The monoisotopic (exact) mass is 281 g/mol. The van der Waals surface area contributed by atoms with Crippen LogP contribution in [0.1, 0.15) is 10.4 Å². The zero-order chi connectivity index (χ0) is 14.7. The summed E-state index contributed by atoms with van der Waals surface area (Å²) in [4.78, 5) is 11.8. The molecule has 0 saturated carbocycles. The van der Waals surface area contributed by atoms with E-state index in [4.69, 9.17) is 4.74 Å². The summed E-state index contributed by atoms with van der Waals surface area (Å²) in [6.07, 6.45) is 0. The van der Waals surface area contributed by atoms with Crippen molar-refractivity contribution in [1.29, 1.82) is 0 Å². The van der Waals surface area contributed by atoms with Gasteiger partial charge in [0, 0.05) is 5.56 Å². The number of methoxy groups -OCH3 is 1. The van der Waals surface area contributed by atoms with Crippen molar-refractivity contribution in [1.82, 2.24) is 0 Å². The van der Waals surface area contributed by atoms with Gasteiger partial charge in [0.2, 0.25) is 0 Å². The predicted molar refractivity (Wildman–Crippen MR) is 67.3 cm³/mol. The number of nitrogens with one attached hydrogen (secondary N) is 1. The van der Waals surface area contributed by atoms with E-state index in [0.29, 0.717) is 5.75 Å². The van der Waals surface area contributed by atoms with Crippen LogP contribution in [-0.4, -0.2) is 13.0 Å². The van der Waals surface area contributed by atoms with Gasteiger partial charge in [-0.05, 0) is 36.4 Å². The Morgan fingerprint density at radius 3 is 2.25 bits per heavy atom. The molecule has 0 saturated heterocycles. The Morgan fingerprint density at radius 2 is 1.65 bits per heavy atom. The number of carbonyl (C=O) groups excluding carboxylic acids is 1. The molecule has 1 amide bonds. The average Bonchev–Trinajstić information content (AvgIpc) is 2.48. The van der Waals surface area contributed by atoms with Crippen LogP contribution >= 0.6 is 0 Å². The van der Waals surface area contributed by atoms with Gasteiger partial charge >= 0.3 is 0 Å². The number of benzene rings is 2. The summed E-state index contributed by atoms with van der Waals surface area (Å²) in [6, 6.07) is 7.72. The first-order valence-corrected chi connectivity index (χ1v) is 5.62. The van der Waals surface area contributed by atoms with E-state index in [-0.39, 0.29) is 5.56 Å². The van der Waals surface area contributed by atoms with E-state index >= 15 is 0 Å². The fourth-order valence-corrected chi connectivity index (χ4v) is 1.56. The quantitative estimate of drug-likeness (QED) is 0.876. The van der Waals surface area contributed by atoms with Gasteiger partial charge in [-0.2, -0.15) is 0 Å². The van der Waals surface area contributed by atoms with Crippen LogP contribution < -0.4 is 10.1 Å². The molecular formula is C14H10F3NO2. The van der Waals surface area contributed by atoms with Crippen molar-refractivity contribution in [3.8, 4) is 5.75 Å². The summed E-state index contributed by atoms with van der Waals surface area (Å²) in [7, 11) is 1.48. The molecule has 20 heavy (non-hydrogen) atoms. The Labute approximate surface area is 113 Å². The predicted octanol–water partition coefficient (Wildman–Crippen LogP) is 3.36. The van der Waals surface area contributed by atoms with Crippen LogP contribution in [-0.2, 0) is 0 Å². The summed E-state index contributed by atoms with van der Waals surface area (Å²) in [5.74, 6) is -4.47. The molecule has 3 nitrogen and oxygen atoms in total. The zero-order valence-electron chi connectivity index (χ0n) is 10.4. The Morgan fingerprint density at radius 1 is 1.00 bits per heavy atom. The number of hydrogen-bond donors (Lipinski definition) is 1. The molecule has 2 rings (SSSR count).